The number of para-hydroxylation sites is 1. The maximum atomic E-state index is 12.9. The Labute approximate surface area is 183 Å². The molecule has 31 heavy (non-hydrogen) atoms. The van der Waals surface area contributed by atoms with Crippen LogP contribution in [0.3, 0.4) is 0 Å². The standard InChI is InChI=1S/C25H29N3O3/c1-25(2,3)27-21(29)16-28(4)15-20-23(24(30)31-5)22(17-11-7-6-8-12-17)18-13-9-10-14-19(18)26-20/h6-14H,15-16H2,1-5H3,(H,27,29). The van der Waals surface area contributed by atoms with Crippen LogP contribution in [-0.2, 0) is 16.1 Å². The number of pyridine rings is 1. The van der Waals surface area contributed by atoms with E-state index in [0.29, 0.717) is 17.8 Å². The van der Waals surface area contributed by atoms with Gasteiger partial charge in [0, 0.05) is 23.0 Å². The van der Waals surface area contributed by atoms with Gasteiger partial charge in [0.25, 0.3) is 0 Å². The molecule has 2 aromatic carbocycles. The van der Waals surface area contributed by atoms with Crippen molar-refractivity contribution in [2.45, 2.75) is 32.9 Å². The average molecular weight is 420 g/mol. The molecule has 0 atom stereocenters. The number of fused-ring (bicyclic) bond motifs is 1. The molecule has 0 aliphatic heterocycles. The quantitative estimate of drug-likeness (QED) is 0.611. The van der Waals surface area contributed by atoms with Crippen molar-refractivity contribution >= 4 is 22.8 Å². The number of hydrogen-bond donors (Lipinski definition) is 1. The summed E-state index contributed by atoms with van der Waals surface area (Å²) in [4.78, 5) is 31.9. The van der Waals surface area contributed by atoms with Gasteiger partial charge in [0.1, 0.15) is 0 Å². The molecule has 0 radical (unpaired) electrons. The molecule has 3 rings (SSSR count). The number of rotatable bonds is 6. The summed E-state index contributed by atoms with van der Waals surface area (Å²) in [5.41, 5.74) is 3.19. The third-order valence-corrected chi connectivity index (χ3v) is 4.77. The van der Waals surface area contributed by atoms with Gasteiger partial charge in [-0.05, 0) is 39.4 Å². The zero-order chi connectivity index (χ0) is 22.6. The Hall–Kier alpha value is -3.25. The predicted octanol–water partition coefficient (Wildman–Crippen LogP) is 4.03. The molecule has 1 amide bonds. The molecule has 1 N–H and O–H groups in total. The van der Waals surface area contributed by atoms with Crippen LogP contribution in [0.1, 0.15) is 36.8 Å². The van der Waals surface area contributed by atoms with E-state index in [2.05, 4.69) is 5.32 Å². The molecule has 0 aliphatic rings. The molecule has 0 aliphatic carbocycles. The third kappa shape index (κ3) is 5.47. The number of amides is 1. The first-order valence-electron chi connectivity index (χ1n) is 10.2. The Morgan fingerprint density at radius 2 is 1.68 bits per heavy atom. The van der Waals surface area contributed by atoms with Gasteiger partial charge in [0.2, 0.25) is 5.91 Å². The van der Waals surface area contributed by atoms with Crippen molar-refractivity contribution in [3.05, 3.63) is 65.9 Å². The number of methoxy groups -OCH3 is 1. The van der Waals surface area contributed by atoms with Gasteiger partial charge in [0.05, 0.1) is 30.4 Å². The van der Waals surface area contributed by atoms with E-state index >= 15 is 0 Å². The number of nitrogens with zero attached hydrogens (tertiary/aromatic N) is 2. The van der Waals surface area contributed by atoms with Crippen molar-refractivity contribution in [3.8, 4) is 11.1 Å². The first-order valence-corrected chi connectivity index (χ1v) is 10.2. The molecule has 6 nitrogen and oxygen atoms in total. The van der Waals surface area contributed by atoms with Crippen LogP contribution < -0.4 is 5.32 Å². The Kier molecular flexibility index (Phi) is 6.71. The number of benzene rings is 2. The maximum absolute atomic E-state index is 12.9. The van der Waals surface area contributed by atoms with Crippen LogP contribution in [0.4, 0.5) is 0 Å². The minimum absolute atomic E-state index is 0.0845. The van der Waals surface area contributed by atoms with Crippen molar-refractivity contribution in [2.75, 3.05) is 20.7 Å². The van der Waals surface area contributed by atoms with Crippen LogP contribution in [0, 0.1) is 0 Å². The fourth-order valence-corrected chi connectivity index (χ4v) is 3.62. The summed E-state index contributed by atoms with van der Waals surface area (Å²) in [6.07, 6.45) is 0. The van der Waals surface area contributed by atoms with Gasteiger partial charge in [-0.1, -0.05) is 48.5 Å². The van der Waals surface area contributed by atoms with Crippen LogP contribution in [0.2, 0.25) is 0 Å². The lowest BCUT2D eigenvalue weighted by Gasteiger charge is -2.24. The van der Waals surface area contributed by atoms with Gasteiger partial charge in [-0.15, -0.1) is 0 Å². The van der Waals surface area contributed by atoms with Crippen LogP contribution in [0.25, 0.3) is 22.0 Å². The van der Waals surface area contributed by atoms with E-state index in [4.69, 9.17) is 9.72 Å². The molecule has 6 heteroatoms. The van der Waals surface area contributed by atoms with Gasteiger partial charge in [-0.2, -0.15) is 0 Å². The summed E-state index contributed by atoms with van der Waals surface area (Å²) >= 11 is 0. The second-order valence-corrected chi connectivity index (χ2v) is 8.65. The lowest BCUT2D eigenvalue weighted by atomic mass is 9.94. The first kappa shape index (κ1) is 22.4. The highest BCUT2D eigenvalue weighted by Crippen LogP contribution is 2.34. The Bertz CT molecular complexity index is 1090. The highest BCUT2D eigenvalue weighted by Gasteiger charge is 2.24. The Balaban J connectivity index is 2.09. The number of nitrogens with one attached hydrogen (secondary N) is 1. The second kappa shape index (κ2) is 9.27. The summed E-state index contributed by atoms with van der Waals surface area (Å²) in [6.45, 7) is 6.34. The van der Waals surface area contributed by atoms with Crippen molar-refractivity contribution in [3.63, 3.8) is 0 Å². The van der Waals surface area contributed by atoms with E-state index in [1.807, 2.05) is 87.3 Å². The minimum Gasteiger partial charge on any atom is -0.465 e. The maximum Gasteiger partial charge on any atom is 0.340 e. The Morgan fingerprint density at radius 1 is 1.03 bits per heavy atom. The molecule has 0 spiro atoms. The van der Waals surface area contributed by atoms with Gasteiger partial charge >= 0.3 is 5.97 Å². The van der Waals surface area contributed by atoms with E-state index < -0.39 is 5.97 Å². The smallest absolute Gasteiger partial charge is 0.340 e. The zero-order valence-corrected chi connectivity index (χ0v) is 18.7. The molecule has 162 valence electrons. The van der Waals surface area contributed by atoms with E-state index in [1.165, 1.54) is 7.11 Å². The summed E-state index contributed by atoms with van der Waals surface area (Å²) in [5, 5.41) is 3.84. The highest BCUT2D eigenvalue weighted by molar-refractivity contribution is 6.07. The van der Waals surface area contributed by atoms with Crippen molar-refractivity contribution in [2.24, 2.45) is 0 Å². The largest absolute Gasteiger partial charge is 0.465 e. The molecule has 0 saturated carbocycles. The monoisotopic (exact) mass is 419 g/mol. The molecule has 1 heterocycles. The number of esters is 1. The minimum atomic E-state index is -0.445. The fourth-order valence-electron chi connectivity index (χ4n) is 3.62. The summed E-state index contributed by atoms with van der Waals surface area (Å²) in [6, 6.07) is 17.5. The fraction of sp³-hybridized carbons (Fsp3) is 0.320. The summed E-state index contributed by atoms with van der Waals surface area (Å²) in [7, 11) is 3.21. The third-order valence-electron chi connectivity index (χ3n) is 4.77. The van der Waals surface area contributed by atoms with Gasteiger partial charge in [0.15, 0.2) is 0 Å². The number of carbonyl (C=O) groups is 2. The number of ether oxygens (including phenoxy) is 1. The predicted molar refractivity (Wildman–Crippen MR) is 123 cm³/mol. The van der Waals surface area contributed by atoms with Crippen molar-refractivity contribution < 1.29 is 14.3 Å². The van der Waals surface area contributed by atoms with Gasteiger partial charge < -0.3 is 10.1 Å². The topological polar surface area (TPSA) is 71.5 Å². The molecule has 3 aromatic rings. The van der Waals surface area contributed by atoms with E-state index in [1.54, 1.807) is 0 Å². The number of carbonyl (C=O) groups excluding carboxylic acids is 2. The number of likely N-dealkylation sites (N-methyl/N-ethyl adjacent to an activating group) is 1. The molecule has 1 aromatic heterocycles. The van der Waals surface area contributed by atoms with Crippen LogP contribution in [0.15, 0.2) is 54.6 Å². The van der Waals surface area contributed by atoms with Crippen molar-refractivity contribution in [1.82, 2.24) is 15.2 Å². The SMILES string of the molecule is COC(=O)c1c(CN(C)CC(=O)NC(C)(C)C)nc2ccccc2c1-c1ccccc1. The Morgan fingerprint density at radius 3 is 2.32 bits per heavy atom. The lowest BCUT2D eigenvalue weighted by molar-refractivity contribution is -0.123. The number of aromatic nitrogens is 1. The van der Waals surface area contributed by atoms with E-state index in [9.17, 15) is 9.59 Å². The molecule has 0 saturated heterocycles. The molecular weight excluding hydrogens is 390 g/mol. The van der Waals surface area contributed by atoms with Crippen molar-refractivity contribution in [1.29, 1.82) is 0 Å². The van der Waals surface area contributed by atoms with Crippen LogP contribution in [0.5, 0.6) is 0 Å². The number of hydrogen-bond acceptors (Lipinski definition) is 5. The highest BCUT2D eigenvalue weighted by atomic mass is 16.5. The second-order valence-electron chi connectivity index (χ2n) is 8.65. The van der Waals surface area contributed by atoms with E-state index in [0.717, 1.165) is 22.0 Å². The van der Waals surface area contributed by atoms with Crippen LogP contribution in [-0.4, -0.2) is 48.0 Å². The summed E-state index contributed by atoms with van der Waals surface area (Å²) in [5.74, 6) is -0.529. The molecule has 0 fully saturated rings. The molecular formula is C25H29N3O3. The van der Waals surface area contributed by atoms with Gasteiger partial charge in [-0.3, -0.25) is 14.7 Å². The average Bonchev–Trinajstić information content (AvgIpc) is 2.71. The molecule has 0 unspecified atom stereocenters. The zero-order valence-electron chi connectivity index (χ0n) is 18.7. The lowest BCUT2D eigenvalue weighted by Crippen LogP contribution is -2.45. The normalized spacial score (nSPS) is 11.5. The van der Waals surface area contributed by atoms with Crippen LogP contribution >= 0.6 is 0 Å². The van der Waals surface area contributed by atoms with E-state index in [-0.39, 0.29) is 18.0 Å². The molecule has 0 bridgehead atoms. The summed E-state index contributed by atoms with van der Waals surface area (Å²) < 4.78 is 5.14. The van der Waals surface area contributed by atoms with Gasteiger partial charge in [-0.25, -0.2) is 4.79 Å². The first-order chi connectivity index (χ1) is 14.7.